The van der Waals surface area contributed by atoms with Crippen LogP contribution in [-0.4, -0.2) is 285 Å². The summed E-state index contributed by atoms with van der Waals surface area (Å²) < 4.78 is 159. The molecule has 0 aliphatic rings. The molecule has 0 aliphatic carbocycles. The Labute approximate surface area is 814 Å². The maximum absolute atomic E-state index is 15.0. The number of aromatic nitrogens is 1. The number of alkyl halides is 15. The Kier molecular flexibility index (Phi) is 62.1. The van der Waals surface area contributed by atoms with Crippen LogP contribution in [0.25, 0.3) is 10.9 Å². The van der Waals surface area contributed by atoms with Crippen LogP contribution in [0.15, 0.2) is 50.4 Å². The molecule has 1 heterocycles. The van der Waals surface area contributed by atoms with E-state index in [0.29, 0.717) is 29.3 Å². The number of carbonyl (C=O) groups excluding carboxylic acids is 12. The number of nitrogens with two attached hydrogens (primary N) is 10. The van der Waals surface area contributed by atoms with Gasteiger partial charge in [-0.3, -0.25) is 77.5 Å². The molecule has 0 spiro atoms. The van der Waals surface area contributed by atoms with Gasteiger partial charge in [0.2, 0.25) is 70.9 Å². The fourth-order valence-electron chi connectivity index (χ4n) is 11.3. The van der Waals surface area contributed by atoms with E-state index < -0.39 is 228 Å². The van der Waals surface area contributed by atoms with Gasteiger partial charge in [0, 0.05) is 49.7 Å². The number of nitrogens with zero attached hydrogens (tertiary/aromatic N) is 4. The molecule has 0 saturated carbocycles. The van der Waals surface area contributed by atoms with Gasteiger partial charge in [-0.05, 0) is 112 Å². The van der Waals surface area contributed by atoms with Crippen LogP contribution in [0.2, 0.25) is 0 Å². The molecule has 0 unspecified atom stereocenters. The van der Waals surface area contributed by atoms with Gasteiger partial charge in [0.05, 0.1) is 6.04 Å². The van der Waals surface area contributed by atoms with Crippen LogP contribution in [0.3, 0.4) is 0 Å². The van der Waals surface area contributed by atoms with Crippen molar-refractivity contribution in [3.63, 3.8) is 0 Å². The van der Waals surface area contributed by atoms with E-state index in [1.165, 1.54) is 6.92 Å². The molecule has 0 aliphatic heterocycles. The average molecular weight is 2110 g/mol. The Morgan fingerprint density at radius 2 is 0.590 bits per heavy atom. The lowest BCUT2D eigenvalue weighted by molar-refractivity contribution is -0.193. The lowest BCUT2D eigenvalue weighted by atomic mass is 9.95. The van der Waals surface area contributed by atoms with Gasteiger partial charge in [-0.25, -0.2) is 24.0 Å². The third-order valence-corrected chi connectivity index (χ3v) is 19.5. The fraction of sp³-hybridized carbons (Fsp3) is 0.642. The minimum absolute atomic E-state index is 0.00626. The normalized spacial score (nSPS) is 14.2. The number of carboxylic acids is 5. The van der Waals surface area contributed by atoms with Crippen molar-refractivity contribution >= 4 is 135 Å². The molecule has 0 fully saturated rings. The zero-order chi connectivity index (χ0) is 113. The molecule has 0 radical (unpaired) electrons. The number of rotatable bonds is 50. The second-order valence-electron chi connectivity index (χ2n) is 33.0. The number of amides is 12. The highest BCUT2D eigenvalue weighted by Crippen LogP contribution is 2.23. The summed E-state index contributed by atoms with van der Waals surface area (Å²) in [5.41, 5.74) is 57.4. The number of hydrogen-bond donors (Lipinski definition) is 27. The summed E-state index contributed by atoms with van der Waals surface area (Å²) in [6, 6.07) is -8.15. The van der Waals surface area contributed by atoms with Gasteiger partial charge in [0.25, 0.3) is 0 Å². The van der Waals surface area contributed by atoms with Gasteiger partial charge in [0.15, 0.2) is 23.8 Å². The number of H-pyrrole nitrogens is 1. The maximum Gasteiger partial charge on any atom is 0.490 e. The van der Waals surface area contributed by atoms with E-state index in [-0.39, 0.29) is 126 Å². The quantitative estimate of drug-likeness (QED) is 0.0170. The van der Waals surface area contributed by atoms with Crippen LogP contribution in [0, 0.1) is 35.5 Å². The van der Waals surface area contributed by atoms with E-state index in [4.69, 9.17) is 107 Å². The number of halogens is 15. The van der Waals surface area contributed by atoms with Crippen LogP contribution < -0.4 is 116 Å². The number of hydrogen-bond acceptors (Lipinski definition) is 22. The second-order valence-corrected chi connectivity index (χ2v) is 33.0. The second kappa shape index (κ2) is 65.8. The van der Waals surface area contributed by atoms with Crippen molar-refractivity contribution in [2.24, 2.45) is 113 Å². The number of benzene rings is 1. The average Bonchev–Trinajstić information content (AvgIpc) is 1.66. The predicted molar refractivity (Wildman–Crippen MR) is 487 cm³/mol. The molecule has 144 heavy (non-hydrogen) atoms. The first-order valence-electron chi connectivity index (χ1n) is 43.5. The first kappa shape index (κ1) is 136. The topological polar surface area (TPSA) is 849 Å². The van der Waals surface area contributed by atoms with Gasteiger partial charge in [0.1, 0.15) is 66.5 Å². The van der Waals surface area contributed by atoms with E-state index in [9.17, 15) is 123 Å². The highest BCUT2D eigenvalue weighted by atomic mass is 19.4. The Hall–Kier alpha value is -14.3. The first-order valence-corrected chi connectivity index (χ1v) is 43.5. The fourth-order valence-corrected chi connectivity index (χ4v) is 11.3. The number of guanidine groups is 4. The molecule has 0 saturated heterocycles. The van der Waals surface area contributed by atoms with E-state index >= 15 is 0 Å². The number of aliphatic imine (C=N–C) groups is 4. The lowest BCUT2D eigenvalue weighted by Gasteiger charge is -2.31. The number of carboxylic acid groups (broad SMARTS) is 5. The summed E-state index contributed by atoms with van der Waals surface area (Å²) in [4.78, 5) is 234. The van der Waals surface area contributed by atoms with Crippen molar-refractivity contribution < 1.29 is 173 Å². The number of aromatic amines is 1. The SMILES string of the molecule is CC[C@H](C)[C@H](NC(=O)[C@H](CCCN=C(N)N)NC(=O)[C@@H](NC(=O)[C@H](C)NC(=O)[C@@H](NC(=O)[C@@H](NC(=O)[C@H](CC(C)C)NC(=O)[C@H](CCCN=C(N)N)NC(=O)[C@@H](N)C(C)C)[C@@H](C)CC)C(C)C)C(C)C)C(=O)N[C@@H](Cc1c[nH]c2ccccc12)C(=O)N[C@@H](CCCN=C(N)N)C(=O)N[C@@H](CCCN=C(N)N)C(N)=O.O=C(O)C(F)(F)F.O=C(O)C(F)(F)F.O=C(O)C(F)(F)F.O=C(O)C(F)(F)F.O=C(O)C(F)(F)F. The summed E-state index contributed by atoms with van der Waals surface area (Å²) in [5.74, 6) is -26.8. The first-order chi connectivity index (χ1) is 65.8. The number of nitrogens with one attached hydrogen (secondary N) is 12. The summed E-state index contributed by atoms with van der Waals surface area (Å²) in [6.07, 6.45) is -22.4. The largest absolute Gasteiger partial charge is 0.490 e. The Bertz CT molecular complexity index is 4480. The maximum atomic E-state index is 15.0. The minimum atomic E-state index is -5.08. The van der Waals surface area contributed by atoms with Crippen LogP contribution in [0.4, 0.5) is 65.9 Å². The Morgan fingerprint density at radius 3 is 0.903 bits per heavy atom. The molecule has 1 aromatic carbocycles. The van der Waals surface area contributed by atoms with Gasteiger partial charge >= 0.3 is 60.7 Å². The predicted octanol–water partition coefficient (Wildman–Crippen LogP) is -0.637. The monoisotopic (exact) mass is 2100 g/mol. The lowest BCUT2D eigenvalue weighted by Crippen LogP contribution is -2.62. The Balaban J connectivity index is -0.00000235. The number of primary amides is 1. The van der Waals surface area contributed by atoms with Gasteiger partial charge in [-0.1, -0.05) is 114 Å². The molecule has 37 N–H and O–H groups in total. The molecule has 12 amide bonds. The molecule has 822 valence electrons. The third kappa shape index (κ3) is 58.2. The van der Waals surface area contributed by atoms with Gasteiger partial charge in [-0.15, -0.1) is 0 Å². The molecular formula is C81H131F15N26O22. The standard InChI is InChI=1S/C71H126N26O12.5C2HF3O2/c1-14-39(11)54(66(108)93-50(33-42-34-86-44-23-17-16-22-43(42)44)61(103)89-46(25-19-29-83-69(76)77)58(100)88-45(56(73)98)24-18-28-82-68(74)75)96-60(102)48(27-21-31-85-71(80)81)91-65(107)53(38(9)10)94-57(99)41(13)87-64(106)52(37(7)8)95-67(109)55(40(12)15-2)97-62(104)49(32-35(3)4)92-59(101)47(26-20-30-84-70(78)79)90-63(105)51(72)36(5)6;5*3-2(4,5)1(6)7/h16-17,22-23,34-41,45-55,86H,14-15,18-21,24-33,72H2,1-13H3,(H2,73,98)(H,87,106)(H,88,100)(H,89,103)(H,90,105)(H,91,107)(H,92,101)(H,93,108)(H,94,99)(H,95,109)(H,96,102)(H,97,104)(H4,74,75,82)(H4,76,77,83)(H4,78,79,84)(H4,80,81,85);5*(H,6,7)/t39-,40-,41-,45-,46-,47-,48-,49-,50-,51-,52-,53-,54-,55-;;;;;/m0...../s1. The van der Waals surface area contributed by atoms with Crippen LogP contribution in [-0.2, 0) is 87.9 Å². The van der Waals surface area contributed by atoms with E-state index in [1.807, 2.05) is 26.0 Å². The van der Waals surface area contributed by atoms with E-state index in [1.54, 1.807) is 87.6 Å². The molecule has 14 atom stereocenters. The highest BCUT2D eigenvalue weighted by Gasteiger charge is 2.44. The van der Waals surface area contributed by atoms with Crippen LogP contribution >= 0.6 is 0 Å². The number of carbonyl (C=O) groups is 17. The summed E-state index contributed by atoms with van der Waals surface area (Å²) in [7, 11) is 0. The molecule has 2 aromatic rings. The van der Waals surface area contributed by atoms with Crippen molar-refractivity contribution in [1.29, 1.82) is 0 Å². The van der Waals surface area contributed by atoms with Gasteiger partial charge < -0.3 is 146 Å². The van der Waals surface area contributed by atoms with Crippen LogP contribution in [0.1, 0.15) is 166 Å². The molecule has 48 nitrogen and oxygen atoms in total. The highest BCUT2D eigenvalue weighted by molar-refractivity contribution is 6.00. The van der Waals surface area contributed by atoms with Crippen molar-refractivity contribution in [2.45, 2.75) is 270 Å². The number of para-hydroxylation sites is 1. The van der Waals surface area contributed by atoms with Crippen molar-refractivity contribution in [3.05, 3.63) is 36.0 Å². The van der Waals surface area contributed by atoms with Crippen molar-refractivity contribution in [1.82, 2.24) is 63.5 Å². The molecule has 2 rings (SSSR count). The zero-order valence-electron chi connectivity index (χ0n) is 80.5. The van der Waals surface area contributed by atoms with E-state index in [0.717, 1.165) is 0 Å². The minimum Gasteiger partial charge on any atom is -0.475 e. The third-order valence-electron chi connectivity index (χ3n) is 19.5. The van der Waals surface area contributed by atoms with Gasteiger partial charge in [-0.2, -0.15) is 65.9 Å². The van der Waals surface area contributed by atoms with Crippen molar-refractivity contribution in [2.75, 3.05) is 26.2 Å². The van der Waals surface area contributed by atoms with Crippen LogP contribution in [0.5, 0.6) is 0 Å². The zero-order valence-corrected chi connectivity index (χ0v) is 80.5. The Morgan fingerprint density at radius 1 is 0.333 bits per heavy atom. The molecule has 0 bridgehead atoms. The summed E-state index contributed by atoms with van der Waals surface area (Å²) >= 11 is 0. The molecular weight excluding hydrogens is 1970 g/mol. The van der Waals surface area contributed by atoms with Crippen molar-refractivity contribution in [3.8, 4) is 0 Å². The molecule has 1 aromatic heterocycles. The summed E-state index contributed by atoms with van der Waals surface area (Å²) in [6.45, 7) is 22.4. The number of aliphatic carboxylic acids is 5. The molecule has 63 heteroatoms. The number of fused-ring (bicyclic) bond motifs is 1. The summed E-state index contributed by atoms with van der Waals surface area (Å²) in [5, 5.41) is 66.3. The van der Waals surface area contributed by atoms with E-state index in [2.05, 4.69) is 83.4 Å². The smallest absolute Gasteiger partial charge is 0.475 e.